The summed E-state index contributed by atoms with van der Waals surface area (Å²) in [7, 11) is 0. The quantitative estimate of drug-likeness (QED) is 0.750. The molecule has 1 aromatic heterocycles. The fourth-order valence-electron chi connectivity index (χ4n) is 1.86. The molecule has 2 rings (SSSR count). The zero-order valence-electron chi connectivity index (χ0n) is 9.53. The first kappa shape index (κ1) is 11.5. The molecule has 0 radical (unpaired) electrons. The van der Waals surface area contributed by atoms with E-state index in [0.717, 1.165) is 12.2 Å². The summed E-state index contributed by atoms with van der Waals surface area (Å²) < 4.78 is 5.32. The maximum Gasteiger partial charge on any atom is 0.105 e. The van der Waals surface area contributed by atoms with Crippen LogP contribution in [0.25, 0.3) is 0 Å². The molecule has 1 heterocycles. The van der Waals surface area contributed by atoms with Gasteiger partial charge in [-0.25, -0.2) is 0 Å². The number of alkyl halides is 1. The highest BCUT2D eigenvalue weighted by molar-refractivity contribution is 9.09. The Balaban J connectivity index is 2.17. The highest BCUT2D eigenvalue weighted by Crippen LogP contribution is 2.30. The molecule has 1 unspecified atom stereocenters. The van der Waals surface area contributed by atoms with E-state index >= 15 is 0 Å². The Hall–Kier alpha value is -1.02. The Labute approximate surface area is 105 Å². The average molecular weight is 279 g/mol. The average Bonchev–Trinajstić information content (AvgIpc) is 2.68. The minimum Gasteiger partial charge on any atom is -0.469 e. The summed E-state index contributed by atoms with van der Waals surface area (Å²) in [4.78, 5) is 0.326. The van der Waals surface area contributed by atoms with E-state index in [1.807, 2.05) is 13.0 Å². The van der Waals surface area contributed by atoms with Crippen LogP contribution in [0.1, 0.15) is 27.3 Å². The van der Waals surface area contributed by atoms with Crippen LogP contribution in [0.2, 0.25) is 0 Å². The summed E-state index contributed by atoms with van der Waals surface area (Å²) in [5.41, 5.74) is 3.96. The van der Waals surface area contributed by atoms with Crippen LogP contribution in [0.3, 0.4) is 0 Å². The third-order valence-electron chi connectivity index (χ3n) is 2.90. The predicted molar refractivity (Wildman–Crippen MR) is 70.0 cm³/mol. The van der Waals surface area contributed by atoms with E-state index in [1.54, 1.807) is 6.26 Å². The van der Waals surface area contributed by atoms with E-state index in [-0.39, 0.29) is 0 Å². The van der Waals surface area contributed by atoms with Crippen LogP contribution in [0.4, 0.5) is 0 Å². The van der Waals surface area contributed by atoms with Crippen molar-refractivity contribution >= 4 is 15.9 Å². The van der Waals surface area contributed by atoms with Crippen molar-refractivity contribution < 1.29 is 4.42 Å². The van der Waals surface area contributed by atoms with Crippen molar-refractivity contribution in [3.8, 4) is 0 Å². The summed E-state index contributed by atoms with van der Waals surface area (Å²) in [5.74, 6) is 0.996. The Morgan fingerprint density at radius 2 is 1.94 bits per heavy atom. The number of benzene rings is 1. The van der Waals surface area contributed by atoms with Crippen molar-refractivity contribution in [3.05, 3.63) is 59.0 Å². The van der Waals surface area contributed by atoms with E-state index in [1.165, 1.54) is 16.7 Å². The molecular weight excluding hydrogens is 264 g/mol. The number of furan rings is 1. The van der Waals surface area contributed by atoms with E-state index < -0.39 is 0 Å². The van der Waals surface area contributed by atoms with E-state index in [4.69, 9.17) is 4.42 Å². The zero-order chi connectivity index (χ0) is 11.5. The van der Waals surface area contributed by atoms with Gasteiger partial charge in [-0.1, -0.05) is 40.2 Å². The van der Waals surface area contributed by atoms with Crippen LogP contribution in [0.15, 0.2) is 41.0 Å². The molecule has 1 nitrogen and oxygen atoms in total. The van der Waals surface area contributed by atoms with Gasteiger partial charge in [0.1, 0.15) is 5.76 Å². The fraction of sp³-hybridized carbons (Fsp3) is 0.286. The number of rotatable bonds is 3. The van der Waals surface area contributed by atoms with Crippen LogP contribution in [0, 0.1) is 13.8 Å². The molecule has 2 aromatic rings. The van der Waals surface area contributed by atoms with Gasteiger partial charge in [0.2, 0.25) is 0 Å². The van der Waals surface area contributed by atoms with Crippen molar-refractivity contribution in [1.82, 2.24) is 0 Å². The third kappa shape index (κ3) is 2.38. The van der Waals surface area contributed by atoms with Gasteiger partial charge in [0.05, 0.1) is 6.26 Å². The largest absolute Gasteiger partial charge is 0.469 e. The van der Waals surface area contributed by atoms with Gasteiger partial charge in [0.15, 0.2) is 0 Å². The van der Waals surface area contributed by atoms with Crippen LogP contribution >= 0.6 is 15.9 Å². The number of hydrogen-bond donors (Lipinski definition) is 0. The second-order valence-corrected chi connectivity index (χ2v) is 5.14. The monoisotopic (exact) mass is 278 g/mol. The first-order chi connectivity index (χ1) is 7.68. The molecule has 2 heteroatoms. The summed E-state index contributed by atoms with van der Waals surface area (Å²) in [5, 5.41) is 0. The zero-order valence-corrected chi connectivity index (χ0v) is 11.1. The summed E-state index contributed by atoms with van der Waals surface area (Å²) in [6, 6.07) is 10.5. The second kappa shape index (κ2) is 4.88. The second-order valence-electron chi connectivity index (χ2n) is 4.03. The van der Waals surface area contributed by atoms with Crippen molar-refractivity contribution in [3.63, 3.8) is 0 Å². The number of halogens is 1. The molecule has 1 aromatic carbocycles. The maximum atomic E-state index is 5.32. The SMILES string of the molecule is Cc1ccccc1CC(Br)c1ccoc1C. The van der Waals surface area contributed by atoms with Crippen molar-refractivity contribution in [1.29, 1.82) is 0 Å². The van der Waals surface area contributed by atoms with Crippen LogP contribution < -0.4 is 0 Å². The molecule has 0 aliphatic carbocycles. The minimum atomic E-state index is 0.326. The highest BCUT2D eigenvalue weighted by atomic mass is 79.9. The molecule has 0 fully saturated rings. The smallest absolute Gasteiger partial charge is 0.105 e. The highest BCUT2D eigenvalue weighted by Gasteiger charge is 2.13. The molecule has 0 N–H and O–H groups in total. The van der Waals surface area contributed by atoms with Gasteiger partial charge in [-0.2, -0.15) is 0 Å². The number of aryl methyl sites for hydroxylation is 2. The summed E-state index contributed by atoms with van der Waals surface area (Å²) in [6.07, 6.45) is 2.74. The lowest BCUT2D eigenvalue weighted by atomic mass is 10.0. The normalized spacial score (nSPS) is 12.7. The van der Waals surface area contributed by atoms with Gasteiger partial charge in [0, 0.05) is 10.4 Å². The molecule has 0 saturated heterocycles. The number of hydrogen-bond acceptors (Lipinski definition) is 1. The standard InChI is InChI=1S/C14H15BrO/c1-10-5-3-4-6-12(10)9-14(15)13-7-8-16-11(13)2/h3-8,14H,9H2,1-2H3. The summed E-state index contributed by atoms with van der Waals surface area (Å²) >= 11 is 3.73. The Kier molecular flexibility index (Phi) is 3.49. The minimum absolute atomic E-state index is 0.326. The van der Waals surface area contributed by atoms with E-state index in [2.05, 4.69) is 47.1 Å². The van der Waals surface area contributed by atoms with Crippen molar-refractivity contribution in [2.45, 2.75) is 25.1 Å². The van der Waals surface area contributed by atoms with Gasteiger partial charge in [-0.3, -0.25) is 0 Å². The lowest BCUT2D eigenvalue weighted by molar-refractivity contribution is 0.529. The molecule has 84 valence electrons. The predicted octanol–water partition coefficient (Wildman–Crippen LogP) is 4.58. The van der Waals surface area contributed by atoms with E-state index in [0.29, 0.717) is 4.83 Å². The Morgan fingerprint density at radius 3 is 2.56 bits per heavy atom. The fourth-order valence-corrected chi connectivity index (χ4v) is 2.69. The van der Waals surface area contributed by atoms with Crippen molar-refractivity contribution in [2.75, 3.05) is 0 Å². The lowest BCUT2D eigenvalue weighted by Crippen LogP contribution is -1.97. The molecule has 0 amide bonds. The van der Waals surface area contributed by atoms with Gasteiger partial charge in [-0.15, -0.1) is 0 Å². The molecule has 1 atom stereocenters. The van der Waals surface area contributed by atoms with Gasteiger partial charge in [-0.05, 0) is 37.5 Å². The molecule has 0 bridgehead atoms. The molecular formula is C14H15BrO. The van der Waals surface area contributed by atoms with Gasteiger partial charge in [0.25, 0.3) is 0 Å². The maximum absolute atomic E-state index is 5.32. The first-order valence-corrected chi connectivity index (χ1v) is 6.32. The van der Waals surface area contributed by atoms with Crippen LogP contribution in [0.5, 0.6) is 0 Å². The molecule has 0 aliphatic rings. The van der Waals surface area contributed by atoms with E-state index in [9.17, 15) is 0 Å². The Bertz CT molecular complexity index is 473. The van der Waals surface area contributed by atoms with Crippen molar-refractivity contribution in [2.24, 2.45) is 0 Å². The molecule has 0 aliphatic heterocycles. The van der Waals surface area contributed by atoms with Crippen LogP contribution in [-0.4, -0.2) is 0 Å². The van der Waals surface area contributed by atoms with Gasteiger partial charge >= 0.3 is 0 Å². The molecule has 16 heavy (non-hydrogen) atoms. The molecule has 0 spiro atoms. The third-order valence-corrected chi connectivity index (χ3v) is 3.71. The lowest BCUT2D eigenvalue weighted by Gasteiger charge is -2.11. The van der Waals surface area contributed by atoms with Crippen LogP contribution in [-0.2, 0) is 6.42 Å². The molecule has 0 saturated carbocycles. The van der Waals surface area contributed by atoms with Gasteiger partial charge < -0.3 is 4.42 Å². The topological polar surface area (TPSA) is 13.1 Å². The Morgan fingerprint density at radius 1 is 1.19 bits per heavy atom. The summed E-state index contributed by atoms with van der Waals surface area (Å²) in [6.45, 7) is 4.15. The first-order valence-electron chi connectivity index (χ1n) is 5.41.